The van der Waals surface area contributed by atoms with Gasteiger partial charge in [0.1, 0.15) is 6.04 Å². The number of piperazine rings is 1. The molecule has 0 bridgehead atoms. The first-order valence-corrected chi connectivity index (χ1v) is 12.4. The van der Waals surface area contributed by atoms with Gasteiger partial charge in [-0.2, -0.15) is 0 Å². The molecule has 1 aliphatic heterocycles. The molecular weight excluding hydrogens is 463 g/mol. The number of halogens is 1. The second-order valence-electron chi connectivity index (χ2n) is 9.39. The van der Waals surface area contributed by atoms with Gasteiger partial charge in [0.05, 0.1) is 13.0 Å². The summed E-state index contributed by atoms with van der Waals surface area (Å²) in [5, 5.41) is 2.88. The summed E-state index contributed by atoms with van der Waals surface area (Å²) < 4.78 is 19.0. The first-order chi connectivity index (χ1) is 17.4. The van der Waals surface area contributed by atoms with E-state index in [0.717, 1.165) is 25.7 Å². The Kier molecular flexibility index (Phi) is 8.20. The van der Waals surface area contributed by atoms with E-state index in [4.69, 9.17) is 10.5 Å². The number of hydrogen-bond donors (Lipinski definition) is 2. The number of hydrogen-bond acceptors (Lipinski definition) is 5. The Morgan fingerprint density at radius 3 is 2.36 bits per heavy atom. The second-order valence-corrected chi connectivity index (χ2v) is 9.39. The summed E-state index contributed by atoms with van der Waals surface area (Å²) in [6, 6.07) is 12.4. The number of nitrogens with one attached hydrogen (secondary N) is 1. The molecule has 1 unspecified atom stereocenters. The van der Waals surface area contributed by atoms with E-state index < -0.39 is 17.8 Å². The van der Waals surface area contributed by atoms with Crippen molar-refractivity contribution in [1.29, 1.82) is 0 Å². The number of rotatable bonds is 7. The van der Waals surface area contributed by atoms with E-state index in [2.05, 4.69) is 10.2 Å². The molecular formula is C27H33FN4O4. The zero-order chi connectivity index (χ0) is 25.7. The van der Waals surface area contributed by atoms with Gasteiger partial charge < -0.3 is 20.7 Å². The first-order valence-electron chi connectivity index (χ1n) is 12.4. The van der Waals surface area contributed by atoms with Gasteiger partial charge in [-0.15, -0.1) is 0 Å². The molecule has 3 atom stereocenters. The van der Waals surface area contributed by atoms with Crippen LogP contribution in [-0.4, -0.2) is 66.9 Å². The van der Waals surface area contributed by atoms with Crippen molar-refractivity contribution < 1.29 is 23.5 Å². The number of nitrogens with two attached hydrogens (primary N) is 1. The van der Waals surface area contributed by atoms with E-state index in [0.29, 0.717) is 31.7 Å². The van der Waals surface area contributed by atoms with Gasteiger partial charge in [0.25, 0.3) is 5.91 Å². The number of carbonyl (C=O) groups is 3. The Hall–Kier alpha value is -3.46. The van der Waals surface area contributed by atoms with Crippen molar-refractivity contribution in [3.8, 4) is 5.75 Å². The van der Waals surface area contributed by atoms with Crippen molar-refractivity contribution in [2.45, 2.75) is 37.8 Å². The molecule has 36 heavy (non-hydrogen) atoms. The minimum Gasteiger partial charge on any atom is -0.494 e. The molecule has 3 amide bonds. The van der Waals surface area contributed by atoms with Crippen LogP contribution in [0, 0.1) is 11.7 Å². The van der Waals surface area contributed by atoms with Gasteiger partial charge in [0.15, 0.2) is 11.6 Å². The maximum Gasteiger partial charge on any atom is 0.254 e. The van der Waals surface area contributed by atoms with Crippen molar-refractivity contribution in [2.75, 3.05) is 33.3 Å². The standard InChI is InChI=1S/C27H33FN4O4/c1-36-23-12-11-19(17-21(23)28)27(35)32-15-13-31(14-16-32)22-10-6-5-9-20(22)26(34)30-24(25(29)33)18-7-3-2-4-8-18/h2-4,7-8,11-12,17,20,22,24H,5-6,9-10,13-16H2,1H3,(H2,29,33)(H,30,34)/t20-,22?,24+/m1/s1. The largest absolute Gasteiger partial charge is 0.494 e. The molecule has 1 saturated heterocycles. The highest BCUT2D eigenvalue weighted by Gasteiger charge is 2.38. The zero-order valence-electron chi connectivity index (χ0n) is 20.5. The molecule has 192 valence electrons. The van der Waals surface area contributed by atoms with Crippen molar-refractivity contribution >= 4 is 17.7 Å². The number of carbonyl (C=O) groups excluding carboxylic acids is 3. The van der Waals surface area contributed by atoms with Gasteiger partial charge in [0.2, 0.25) is 11.8 Å². The third kappa shape index (κ3) is 5.67. The summed E-state index contributed by atoms with van der Waals surface area (Å²) in [6.45, 7) is 2.23. The molecule has 2 fully saturated rings. The second kappa shape index (κ2) is 11.5. The lowest BCUT2D eigenvalue weighted by molar-refractivity contribution is -0.133. The van der Waals surface area contributed by atoms with Crippen LogP contribution in [0.4, 0.5) is 4.39 Å². The zero-order valence-corrected chi connectivity index (χ0v) is 20.5. The van der Waals surface area contributed by atoms with Crippen LogP contribution in [0.2, 0.25) is 0 Å². The van der Waals surface area contributed by atoms with E-state index in [9.17, 15) is 18.8 Å². The van der Waals surface area contributed by atoms with Gasteiger partial charge in [-0.05, 0) is 36.6 Å². The Morgan fingerprint density at radius 1 is 1.03 bits per heavy atom. The smallest absolute Gasteiger partial charge is 0.254 e. The van der Waals surface area contributed by atoms with Crippen molar-refractivity contribution in [3.05, 3.63) is 65.5 Å². The summed E-state index contributed by atoms with van der Waals surface area (Å²) in [5.41, 5.74) is 6.56. The number of nitrogens with zero attached hydrogens (tertiary/aromatic N) is 2. The van der Waals surface area contributed by atoms with Crippen LogP contribution in [0.3, 0.4) is 0 Å². The van der Waals surface area contributed by atoms with Crippen LogP contribution in [0.25, 0.3) is 0 Å². The number of primary amides is 1. The lowest BCUT2D eigenvalue weighted by Gasteiger charge is -2.44. The number of methoxy groups -OCH3 is 1. The summed E-state index contributed by atoms with van der Waals surface area (Å²) in [5.74, 6) is -1.71. The molecule has 3 N–H and O–H groups in total. The molecule has 0 spiro atoms. The predicted octanol–water partition coefficient (Wildman–Crippen LogP) is 2.49. The van der Waals surface area contributed by atoms with Crippen LogP contribution < -0.4 is 15.8 Å². The average Bonchev–Trinajstić information content (AvgIpc) is 2.91. The Balaban J connectivity index is 1.39. The van der Waals surface area contributed by atoms with Crippen LogP contribution >= 0.6 is 0 Å². The summed E-state index contributed by atoms with van der Waals surface area (Å²) in [4.78, 5) is 42.3. The first kappa shape index (κ1) is 25.6. The molecule has 2 aromatic carbocycles. The number of amides is 3. The van der Waals surface area contributed by atoms with Gasteiger partial charge in [-0.3, -0.25) is 19.3 Å². The Morgan fingerprint density at radius 2 is 1.72 bits per heavy atom. The van der Waals surface area contributed by atoms with Gasteiger partial charge >= 0.3 is 0 Å². The maximum absolute atomic E-state index is 14.1. The lowest BCUT2D eigenvalue weighted by atomic mass is 9.82. The molecule has 0 radical (unpaired) electrons. The highest BCUT2D eigenvalue weighted by Crippen LogP contribution is 2.30. The normalized spacial score (nSPS) is 21.4. The van der Waals surface area contributed by atoms with Gasteiger partial charge in [-0.1, -0.05) is 43.2 Å². The molecule has 1 heterocycles. The molecule has 1 saturated carbocycles. The van der Waals surface area contributed by atoms with E-state index in [-0.39, 0.29) is 35.1 Å². The maximum atomic E-state index is 14.1. The molecule has 1 aliphatic carbocycles. The fraction of sp³-hybridized carbons (Fsp3) is 0.444. The van der Waals surface area contributed by atoms with E-state index >= 15 is 0 Å². The number of ether oxygens (including phenoxy) is 1. The van der Waals surface area contributed by atoms with Crippen LogP contribution in [-0.2, 0) is 9.59 Å². The lowest BCUT2D eigenvalue weighted by Crippen LogP contribution is -2.56. The molecule has 2 aromatic rings. The molecule has 8 nitrogen and oxygen atoms in total. The van der Waals surface area contributed by atoms with E-state index in [1.54, 1.807) is 23.1 Å². The summed E-state index contributed by atoms with van der Waals surface area (Å²) in [7, 11) is 1.38. The van der Waals surface area contributed by atoms with Gasteiger partial charge in [0, 0.05) is 37.8 Å². The average molecular weight is 497 g/mol. The minimum atomic E-state index is -0.874. The third-order valence-corrected chi connectivity index (χ3v) is 7.24. The van der Waals surface area contributed by atoms with Gasteiger partial charge in [-0.25, -0.2) is 4.39 Å². The fourth-order valence-electron chi connectivity index (χ4n) is 5.31. The SMILES string of the molecule is COc1ccc(C(=O)N2CCN(C3CCCC[C@H]3C(=O)N[C@H](C(N)=O)c3ccccc3)CC2)cc1F. The highest BCUT2D eigenvalue weighted by molar-refractivity contribution is 5.94. The monoisotopic (exact) mass is 496 g/mol. The quantitative estimate of drug-likeness (QED) is 0.613. The van der Waals surface area contributed by atoms with Crippen LogP contribution in [0.15, 0.2) is 48.5 Å². The topological polar surface area (TPSA) is 105 Å². The molecule has 0 aromatic heterocycles. The fourth-order valence-corrected chi connectivity index (χ4v) is 5.31. The predicted molar refractivity (Wildman–Crippen MR) is 133 cm³/mol. The third-order valence-electron chi connectivity index (χ3n) is 7.24. The summed E-state index contributed by atoms with van der Waals surface area (Å²) >= 11 is 0. The van der Waals surface area contributed by atoms with E-state index in [1.807, 2.05) is 18.2 Å². The van der Waals surface area contributed by atoms with Crippen molar-refractivity contribution in [2.24, 2.45) is 11.7 Å². The van der Waals surface area contributed by atoms with E-state index in [1.165, 1.54) is 19.2 Å². The van der Waals surface area contributed by atoms with Crippen LogP contribution in [0.5, 0.6) is 5.75 Å². The van der Waals surface area contributed by atoms with Crippen LogP contribution in [0.1, 0.15) is 47.6 Å². The summed E-state index contributed by atoms with van der Waals surface area (Å²) in [6.07, 6.45) is 3.59. The molecule has 4 rings (SSSR count). The van der Waals surface area contributed by atoms with Crippen molar-refractivity contribution in [3.63, 3.8) is 0 Å². The molecule has 9 heteroatoms. The molecule has 2 aliphatic rings. The highest BCUT2D eigenvalue weighted by atomic mass is 19.1. The minimum absolute atomic E-state index is 0.0266. The Bertz CT molecular complexity index is 1090. The Labute approximate surface area is 210 Å². The van der Waals surface area contributed by atoms with Crippen molar-refractivity contribution in [1.82, 2.24) is 15.1 Å². The number of benzene rings is 2.